The fourth-order valence-electron chi connectivity index (χ4n) is 2.44. The van der Waals surface area contributed by atoms with E-state index in [1.165, 1.54) is 38.5 Å². The van der Waals surface area contributed by atoms with Gasteiger partial charge in [-0.1, -0.05) is 58.4 Å². The second kappa shape index (κ2) is 12.5. The Bertz CT molecular complexity index is 399. The summed E-state index contributed by atoms with van der Waals surface area (Å²) in [4.78, 5) is 15.6. The molecule has 0 aliphatic heterocycles. The van der Waals surface area contributed by atoms with Gasteiger partial charge < -0.3 is 4.90 Å². The molecule has 0 bridgehead atoms. The van der Waals surface area contributed by atoms with Gasteiger partial charge in [-0.05, 0) is 30.4 Å². The Labute approximate surface area is 140 Å². The maximum atomic E-state index is 12.4. The predicted molar refractivity (Wildman–Crippen MR) is 98.2 cm³/mol. The first-order valence-corrected chi connectivity index (χ1v) is 9.66. The first-order chi connectivity index (χ1) is 10.8. The summed E-state index contributed by atoms with van der Waals surface area (Å²) in [5.41, 5.74) is 0. The quantitative estimate of drug-likeness (QED) is 0.354. The number of carbonyl (C=O) groups is 1. The molecule has 124 valence electrons. The van der Waals surface area contributed by atoms with Gasteiger partial charge in [0, 0.05) is 24.0 Å². The Hall–Kier alpha value is -1.09. The number of unbranched alkanes of at least 4 members (excludes halogenated alkanes) is 6. The number of amides is 1. The smallest absolute Gasteiger partial charge is 0.246 e. The standard InChI is InChI=1S/C19H31NOS/c1-3-5-7-9-15-20(16-10-8-6-4-2)19(21)14-13-18-12-11-17-22-18/h11-14,17H,3-10,15-16H2,1-2H3. The van der Waals surface area contributed by atoms with Gasteiger partial charge in [-0.15, -0.1) is 11.3 Å². The molecule has 1 rings (SSSR count). The molecule has 0 fully saturated rings. The van der Waals surface area contributed by atoms with Crippen LogP contribution in [0.5, 0.6) is 0 Å². The fourth-order valence-corrected chi connectivity index (χ4v) is 3.05. The van der Waals surface area contributed by atoms with Crippen LogP contribution < -0.4 is 0 Å². The van der Waals surface area contributed by atoms with Gasteiger partial charge in [0.15, 0.2) is 0 Å². The first kappa shape index (κ1) is 19.0. The average molecular weight is 322 g/mol. The van der Waals surface area contributed by atoms with E-state index in [4.69, 9.17) is 0 Å². The molecule has 0 unspecified atom stereocenters. The molecule has 0 radical (unpaired) electrons. The molecule has 3 heteroatoms. The van der Waals surface area contributed by atoms with Crippen LogP contribution in [0.3, 0.4) is 0 Å². The van der Waals surface area contributed by atoms with Crippen molar-refractivity contribution in [2.45, 2.75) is 65.2 Å². The highest BCUT2D eigenvalue weighted by Crippen LogP contribution is 2.11. The lowest BCUT2D eigenvalue weighted by atomic mass is 10.1. The highest BCUT2D eigenvalue weighted by Gasteiger charge is 2.09. The summed E-state index contributed by atoms with van der Waals surface area (Å²) in [5.74, 6) is 0.168. The molecule has 0 saturated carbocycles. The highest BCUT2D eigenvalue weighted by atomic mass is 32.1. The van der Waals surface area contributed by atoms with Gasteiger partial charge in [0.05, 0.1) is 0 Å². The van der Waals surface area contributed by atoms with E-state index in [0.29, 0.717) is 0 Å². The molecule has 1 aromatic heterocycles. The van der Waals surface area contributed by atoms with Crippen molar-refractivity contribution >= 4 is 23.3 Å². The molecule has 1 amide bonds. The number of carbonyl (C=O) groups excluding carboxylic acids is 1. The Morgan fingerprint density at radius 3 is 2.18 bits per heavy atom. The lowest BCUT2D eigenvalue weighted by Crippen LogP contribution is -2.31. The molecule has 0 aliphatic rings. The van der Waals surface area contributed by atoms with Crippen molar-refractivity contribution in [2.24, 2.45) is 0 Å². The lowest BCUT2D eigenvalue weighted by molar-refractivity contribution is -0.126. The monoisotopic (exact) mass is 321 g/mol. The van der Waals surface area contributed by atoms with Gasteiger partial charge in [0.2, 0.25) is 5.91 Å². The molecular weight excluding hydrogens is 290 g/mol. The van der Waals surface area contributed by atoms with Crippen LogP contribution in [0.4, 0.5) is 0 Å². The van der Waals surface area contributed by atoms with Crippen LogP contribution >= 0.6 is 11.3 Å². The number of hydrogen-bond acceptors (Lipinski definition) is 2. The Balaban J connectivity index is 2.44. The summed E-state index contributed by atoms with van der Waals surface area (Å²) in [5, 5.41) is 2.04. The summed E-state index contributed by atoms with van der Waals surface area (Å²) < 4.78 is 0. The van der Waals surface area contributed by atoms with Crippen molar-refractivity contribution in [1.82, 2.24) is 4.90 Å². The molecule has 1 aromatic rings. The summed E-state index contributed by atoms with van der Waals surface area (Å²) >= 11 is 1.67. The second-order valence-electron chi connectivity index (χ2n) is 5.80. The Morgan fingerprint density at radius 1 is 1.05 bits per heavy atom. The van der Waals surface area contributed by atoms with Crippen LogP contribution in [0, 0.1) is 0 Å². The molecule has 0 aliphatic carbocycles. The van der Waals surface area contributed by atoms with Gasteiger partial charge in [-0.3, -0.25) is 4.79 Å². The third-order valence-electron chi connectivity index (χ3n) is 3.81. The van der Waals surface area contributed by atoms with Gasteiger partial charge in [-0.2, -0.15) is 0 Å². The van der Waals surface area contributed by atoms with Crippen molar-refractivity contribution in [2.75, 3.05) is 13.1 Å². The molecule has 1 heterocycles. The van der Waals surface area contributed by atoms with E-state index in [2.05, 4.69) is 13.8 Å². The fraction of sp³-hybridized carbons (Fsp3) is 0.632. The number of hydrogen-bond donors (Lipinski definition) is 0. The summed E-state index contributed by atoms with van der Waals surface area (Å²) in [6.45, 7) is 6.24. The summed E-state index contributed by atoms with van der Waals surface area (Å²) in [7, 11) is 0. The van der Waals surface area contributed by atoms with Crippen LogP contribution in [0.1, 0.15) is 70.1 Å². The van der Waals surface area contributed by atoms with Crippen molar-refractivity contribution in [3.63, 3.8) is 0 Å². The summed E-state index contributed by atoms with van der Waals surface area (Å²) in [6, 6.07) is 4.06. The van der Waals surface area contributed by atoms with E-state index in [0.717, 1.165) is 30.8 Å². The van der Waals surface area contributed by atoms with Crippen LogP contribution in [0.15, 0.2) is 23.6 Å². The van der Waals surface area contributed by atoms with Gasteiger partial charge in [0.1, 0.15) is 0 Å². The minimum absolute atomic E-state index is 0.168. The van der Waals surface area contributed by atoms with Gasteiger partial charge >= 0.3 is 0 Å². The molecule has 0 atom stereocenters. The Kier molecular flexibility index (Phi) is 10.7. The zero-order chi connectivity index (χ0) is 16.0. The third kappa shape index (κ3) is 8.38. The second-order valence-corrected chi connectivity index (χ2v) is 6.77. The van der Waals surface area contributed by atoms with Gasteiger partial charge in [0.25, 0.3) is 0 Å². The van der Waals surface area contributed by atoms with Crippen molar-refractivity contribution in [3.8, 4) is 0 Å². The lowest BCUT2D eigenvalue weighted by Gasteiger charge is -2.21. The van der Waals surface area contributed by atoms with Gasteiger partial charge in [-0.25, -0.2) is 0 Å². The molecule has 0 spiro atoms. The molecule has 0 saturated heterocycles. The van der Waals surface area contributed by atoms with E-state index in [1.807, 2.05) is 28.5 Å². The zero-order valence-electron chi connectivity index (χ0n) is 14.2. The summed E-state index contributed by atoms with van der Waals surface area (Å²) in [6.07, 6.45) is 13.4. The van der Waals surface area contributed by atoms with Crippen LogP contribution in [0.25, 0.3) is 6.08 Å². The van der Waals surface area contributed by atoms with Crippen molar-refractivity contribution < 1.29 is 4.79 Å². The molecule has 0 N–H and O–H groups in total. The van der Waals surface area contributed by atoms with E-state index in [-0.39, 0.29) is 5.91 Å². The van der Waals surface area contributed by atoms with Crippen molar-refractivity contribution in [3.05, 3.63) is 28.5 Å². The average Bonchev–Trinajstić information content (AvgIpc) is 3.04. The minimum atomic E-state index is 0.168. The number of thiophene rings is 1. The van der Waals surface area contributed by atoms with Crippen LogP contribution in [-0.2, 0) is 4.79 Å². The maximum Gasteiger partial charge on any atom is 0.246 e. The van der Waals surface area contributed by atoms with Crippen molar-refractivity contribution in [1.29, 1.82) is 0 Å². The molecular formula is C19H31NOS. The van der Waals surface area contributed by atoms with E-state index < -0.39 is 0 Å². The Morgan fingerprint density at radius 2 is 1.68 bits per heavy atom. The molecule has 2 nitrogen and oxygen atoms in total. The first-order valence-electron chi connectivity index (χ1n) is 8.78. The number of rotatable bonds is 12. The van der Waals surface area contributed by atoms with E-state index in [1.54, 1.807) is 17.4 Å². The molecule has 0 aromatic carbocycles. The zero-order valence-corrected chi connectivity index (χ0v) is 15.0. The SMILES string of the molecule is CCCCCCN(CCCCCC)C(=O)C=Cc1cccs1. The largest absolute Gasteiger partial charge is 0.339 e. The number of nitrogens with zero attached hydrogens (tertiary/aromatic N) is 1. The van der Waals surface area contributed by atoms with E-state index >= 15 is 0 Å². The van der Waals surface area contributed by atoms with Crippen LogP contribution in [-0.4, -0.2) is 23.9 Å². The van der Waals surface area contributed by atoms with E-state index in [9.17, 15) is 4.79 Å². The third-order valence-corrected chi connectivity index (χ3v) is 4.65. The molecule has 22 heavy (non-hydrogen) atoms. The maximum absolute atomic E-state index is 12.4. The normalized spacial score (nSPS) is 11.2. The predicted octanol–water partition coefficient (Wildman–Crippen LogP) is 5.75. The van der Waals surface area contributed by atoms with Crippen LogP contribution in [0.2, 0.25) is 0 Å². The minimum Gasteiger partial charge on any atom is -0.339 e. The highest BCUT2D eigenvalue weighted by molar-refractivity contribution is 7.10. The topological polar surface area (TPSA) is 20.3 Å².